The molecular formula is C15H22N4O2. The Morgan fingerprint density at radius 1 is 1.29 bits per heavy atom. The van der Waals surface area contributed by atoms with Gasteiger partial charge in [-0.3, -0.25) is 4.79 Å². The number of hydrogen-bond acceptors (Lipinski definition) is 5. The Morgan fingerprint density at radius 3 is 2.62 bits per heavy atom. The standard InChI is InChI=1S/C15H22N4O2/c16-14(21)12-8-17-15(19-13(12)7-9-1-2-9)18-10-3-5-11(20)6-4-10/h8-11,20H,1-7H2,(H2,16,21)(H,17,18,19). The van der Waals surface area contributed by atoms with Gasteiger partial charge in [-0.2, -0.15) is 0 Å². The van der Waals surface area contributed by atoms with E-state index in [1.165, 1.54) is 19.0 Å². The third-order valence-electron chi connectivity index (χ3n) is 4.34. The van der Waals surface area contributed by atoms with Gasteiger partial charge in [0.15, 0.2) is 0 Å². The molecule has 0 spiro atoms. The van der Waals surface area contributed by atoms with Crippen molar-refractivity contribution >= 4 is 11.9 Å². The monoisotopic (exact) mass is 290 g/mol. The zero-order valence-electron chi connectivity index (χ0n) is 12.1. The van der Waals surface area contributed by atoms with E-state index in [1.54, 1.807) is 0 Å². The topological polar surface area (TPSA) is 101 Å². The number of anilines is 1. The predicted octanol–water partition coefficient (Wildman–Crippen LogP) is 1.24. The summed E-state index contributed by atoms with van der Waals surface area (Å²) in [5, 5.41) is 12.8. The molecule has 1 amide bonds. The molecule has 2 fully saturated rings. The van der Waals surface area contributed by atoms with Gasteiger partial charge < -0.3 is 16.2 Å². The molecule has 2 aliphatic carbocycles. The van der Waals surface area contributed by atoms with Gasteiger partial charge in [0.25, 0.3) is 5.91 Å². The molecule has 1 heterocycles. The first-order chi connectivity index (χ1) is 10.1. The number of aromatic nitrogens is 2. The zero-order chi connectivity index (χ0) is 14.8. The van der Waals surface area contributed by atoms with Crippen LogP contribution in [0, 0.1) is 5.92 Å². The average Bonchev–Trinajstić information content (AvgIpc) is 3.25. The third kappa shape index (κ3) is 3.69. The first-order valence-corrected chi connectivity index (χ1v) is 7.72. The quantitative estimate of drug-likeness (QED) is 0.757. The Morgan fingerprint density at radius 2 is 2.00 bits per heavy atom. The minimum atomic E-state index is -0.460. The molecule has 2 aliphatic rings. The lowest BCUT2D eigenvalue weighted by Gasteiger charge is -2.26. The van der Waals surface area contributed by atoms with Gasteiger partial charge in [0, 0.05) is 12.2 Å². The van der Waals surface area contributed by atoms with Gasteiger partial charge in [-0.25, -0.2) is 9.97 Å². The number of aliphatic hydroxyl groups is 1. The molecule has 0 bridgehead atoms. The number of nitrogens with two attached hydrogens (primary N) is 1. The maximum Gasteiger partial charge on any atom is 0.252 e. The van der Waals surface area contributed by atoms with Crippen LogP contribution >= 0.6 is 0 Å². The van der Waals surface area contributed by atoms with Crippen LogP contribution in [0.1, 0.15) is 54.6 Å². The summed E-state index contributed by atoms with van der Waals surface area (Å²) in [7, 11) is 0. The van der Waals surface area contributed by atoms with Crippen molar-refractivity contribution in [2.45, 2.75) is 57.1 Å². The van der Waals surface area contributed by atoms with Crippen LogP contribution in [0.3, 0.4) is 0 Å². The molecular weight excluding hydrogens is 268 g/mol. The Labute approximate surface area is 124 Å². The van der Waals surface area contributed by atoms with Gasteiger partial charge in [-0.05, 0) is 50.9 Å². The molecule has 0 aliphatic heterocycles. The molecule has 21 heavy (non-hydrogen) atoms. The summed E-state index contributed by atoms with van der Waals surface area (Å²) < 4.78 is 0. The van der Waals surface area contributed by atoms with Gasteiger partial charge in [0.2, 0.25) is 5.95 Å². The number of amides is 1. The summed E-state index contributed by atoms with van der Waals surface area (Å²) in [4.78, 5) is 20.2. The Hall–Kier alpha value is -1.69. The third-order valence-corrected chi connectivity index (χ3v) is 4.34. The second-order valence-corrected chi connectivity index (χ2v) is 6.22. The molecule has 0 radical (unpaired) electrons. The highest BCUT2D eigenvalue weighted by Crippen LogP contribution is 2.33. The number of nitrogens with one attached hydrogen (secondary N) is 1. The molecule has 0 atom stereocenters. The number of primary amides is 1. The number of aliphatic hydroxyl groups excluding tert-OH is 1. The SMILES string of the molecule is NC(=O)c1cnc(NC2CCC(O)CC2)nc1CC1CC1. The van der Waals surface area contributed by atoms with Crippen molar-refractivity contribution in [3.63, 3.8) is 0 Å². The lowest BCUT2D eigenvalue weighted by Crippen LogP contribution is -2.29. The van der Waals surface area contributed by atoms with E-state index in [4.69, 9.17) is 5.73 Å². The molecule has 0 unspecified atom stereocenters. The van der Waals surface area contributed by atoms with Crippen LogP contribution in [0.25, 0.3) is 0 Å². The van der Waals surface area contributed by atoms with Crippen molar-refractivity contribution in [3.8, 4) is 0 Å². The fourth-order valence-corrected chi connectivity index (χ4v) is 2.85. The van der Waals surface area contributed by atoms with Crippen molar-refractivity contribution in [1.82, 2.24) is 9.97 Å². The van der Waals surface area contributed by atoms with Gasteiger partial charge >= 0.3 is 0 Å². The van der Waals surface area contributed by atoms with E-state index in [-0.39, 0.29) is 6.10 Å². The van der Waals surface area contributed by atoms with Gasteiger partial charge in [-0.15, -0.1) is 0 Å². The number of hydrogen-bond donors (Lipinski definition) is 3. The molecule has 1 aromatic rings. The molecule has 0 saturated heterocycles. The molecule has 2 saturated carbocycles. The van der Waals surface area contributed by atoms with E-state index in [0.717, 1.165) is 37.8 Å². The molecule has 114 valence electrons. The molecule has 0 aromatic carbocycles. The fraction of sp³-hybridized carbons (Fsp3) is 0.667. The summed E-state index contributed by atoms with van der Waals surface area (Å²) in [6, 6.07) is 0.293. The van der Waals surface area contributed by atoms with Crippen LogP contribution in [0.4, 0.5) is 5.95 Å². The smallest absolute Gasteiger partial charge is 0.252 e. The summed E-state index contributed by atoms with van der Waals surface area (Å²) in [6.07, 6.45) is 8.02. The van der Waals surface area contributed by atoms with Crippen LogP contribution in [0.5, 0.6) is 0 Å². The van der Waals surface area contributed by atoms with E-state index in [0.29, 0.717) is 23.5 Å². The van der Waals surface area contributed by atoms with Crippen LogP contribution in [0.2, 0.25) is 0 Å². The Kier molecular flexibility index (Phi) is 4.05. The van der Waals surface area contributed by atoms with Crippen molar-refractivity contribution in [1.29, 1.82) is 0 Å². The number of carbonyl (C=O) groups excluding carboxylic acids is 1. The second-order valence-electron chi connectivity index (χ2n) is 6.22. The van der Waals surface area contributed by atoms with Crippen LogP contribution < -0.4 is 11.1 Å². The minimum Gasteiger partial charge on any atom is -0.393 e. The normalized spacial score (nSPS) is 25.6. The summed E-state index contributed by atoms with van der Waals surface area (Å²) in [5.41, 5.74) is 6.59. The highest BCUT2D eigenvalue weighted by molar-refractivity contribution is 5.93. The number of rotatable bonds is 5. The average molecular weight is 290 g/mol. The second kappa shape index (κ2) is 5.97. The lowest BCUT2D eigenvalue weighted by atomic mass is 9.93. The highest BCUT2D eigenvalue weighted by atomic mass is 16.3. The van der Waals surface area contributed by atoms with Gasteiger partial charge in [0.1, 0.15) is 0 Å². The summed E-state index contributed by atoms with van der Waals surface area (Å²) >= 11 is 0. The van der Waals surface area contributed by atoms with Gasteiger partial charge in [0.05, 0.1) is 17.4 Å². The van der Waals surface area contributed by atoms with Gasteiger partial charge in [-0.1, -0.05) is 0 Å². The van der Waals surface area contributed by atoms with Crippen LogP contribution in [-0.2, 0) is 6.42 Å². The van der Waals surface area contributed by atoms with Crippen molar-refractivity contribution < 1.29 is 9.90 Å². The van der Waals surface area contributed by atoms with E-state index >= 15 is 0 Å². The zero-order valence-corrected chi connectivity index (χ0v) is 12.1. The molecule has 6 nitrogen and oxygen atoms in total. The summed E-state index contributed by atoms with van der Waals surface area (Å²) in [6.45, 7) is 0. The van der Waals surface area contributed by atoms with Crippen LogP contribution in [0.15, 0.2) is 6.20 Å². The van der Waals surface area contributed by atoms with E-state index < -0.39 is 5.91 Å². The van der Waals surface area contributed by atoms with Crippen molar-refractivity contribution in [2.24, 2.45) is 11.7 Å². The lowest BCUT2D eigenvalue weighted by molar-refractivity contribution is 0.0998. The van der Waals surface area contributed by atoms with Crippen molar-refractivity contribution in [3.05, 3.63) is 17.5 Å². The summed E-state index contributed by atoms with van der Waals surface area (Å²) in [5.74, 6) is 0.741. The predicted molar refractivity (Wildman–Crippen MR) is 78.9 cm³/mol. The largest absolute Gasteiger partial charge is 0.393 e. The Balaban J connectivity index is 1.71. The van der Waals surface area contributed by atoms with E-state index in [9.17, 15) is 9.90 Å². The molecule has 4 N–H and O–H groups in total. The van der Waals surface area contributed by atoms with E-state index in [2.05, 4.69) is 15.3 Å². The maximum atomic E-state index is 11.5. The first-order valence-electron chi connectivity index (χ1n) is 7.72. The van der Waals surface area contributed by atoms with Crippen LogP contribution in [-0.4, -0.2) is 33.1 Å². The molecule has 6 heteroatoms. The van der Waals surface area contributed by atoms with E-state index in [1.807, 2.05) is 0 Å². The molecule has 1 aromatic heterocycles. The number of nitrogens with zero attached hydrogens (tertiary/aromatic N) is 2. The maximum absolute atomic E-state index is 11.5. The fourth-order valence-electron chi connectivity index (χ4n) is 2.85. The highest BCUT2D eigenvalue weighted by Gasteiger charge is 2.26. The number of carbonyl (C=O) groups is 1. The first kappa shape index (κ1) is 14.3. The Bertz CT molecular complexity index is 522. The van der Waals surface area contributed by atoms with Crippen molar-refractivity contribution in [2.75, 3.05) is 5.32 Å². The minimum absolute atomic E-state index is 0.174. The molecule has 3 rings (SSSR count).